The third-order valence-electron chi connectivity index (χ3n) is 3.77. The van der Waals surface area contributed by atoms with Gasteiger partial charge in [0.05, 0.1) is 10.3 Å². The van der Waals surface area contributed by atoms with Crippen LogP contribution >= 0.6 is 0 Å². The van der Waals surface area contributed by atoms with Gasteiger partial charge in [0, 0.05) is 30.7 Å². The molecular weight excluding hydrogens is 252 g/mol. The molecule has 2 aromatic carbocycles. The lowest BCUT2D eigenvalue weighted by atomic mass is 10.0. The normalized spacial score (nSPS) is 12.3. The van der Waals surface area contributed by atoms with Crippen LogP contribution in [0.15, 0.2) is 36.4 Å². The fourth-order valence-electron chi connectivity index (χ4n) is 2.45. The monoisotopic (exact) mass is 272 g/mol. The van der Waals surface area contributed by atoms with Gasteiger partial charge in [0.25, 0.3) is 5.69 Å². The van der Waals surface area contributed by atoms with Crippen LogP contribution in [0.2, 0.25) is 0 Å². The van der Waals surface area contributed by atoms with Crippen molar-refractivity contribution in [2.75, 3.05) is 18.5 Å². The molecule has 0 saturated carbocycles. The van der Waals surface area contributed by atoms with E-state index in [2.05, 4.69) is 18.7 Å². The maximum atomic E-state index is 11.1. The zero-order chi connectivity index (χ0) is 14.7. The average Bonchev–Trinajstić information content (AvgIpc) is 2.45. The van der Waals surface area contributed by atoms with Gasteiger partial charge in [-0.05, 0) is 18.1 Å². The third-order valence-corrected chi connectivity index (χ3v) is 3.77. The predicted molar refractivity (Wildman–Crippen MR) is 83.3 cm³/mol. The molecule has 0 bridgehead atoms. The van der Waals surface area contributed by atoms with Gasteiger partial charge in [0.15, 0.2) is 0 Å². The molecule has 20 heavy (non-hydrogen) atoms. The van der Waals surface area contributed by atoms with Crippen molar-refractivity contribution in [3.8, 4) is 0 Å². The van der Waals surface area contributed by atoms with Crippen LogP contribution in [-0.2, 0) is 0 Å². The molecule has 106 valence electrons. The van der Waals surface area contributed by atoms with Crippen molar-refractivity contribution in [3.05, 3.63) is 46.5 Å². The summed E-state index contributed by atoms with van der Waals surface area (Å²) in [4.78, 5) is 13.0. The Morgan fingerprint density at radius 1 is 1.20 bits per heavy atom. The first-order valence-corrected chi connectivity index (χ1v) is 6.91. The lowest BCUT2D eigenvalue weighted by Crippen LogP contribution is -2.23. The summed E-state index contributed by atoms with van der Waals surface area (Å²) < 4.78 is 0. The zero-order valence-corrected chi connectivity index (χ0v) is 12.2. The predicted octanol–water partition coefficient (Wildman–Crippen LogP) is 4.23. The molecule has 0 aliphatic rings. The molecule has 1 atom stereocenters. The van der Waals surface area contributed by atoms with E-state index in [1.165, 1.54) is 0 Å². The molecule has 0 aromatic heterocycles. The molecule has 4 nitrogen and oxygen atoms in total. The second-order valence-electron chi connectivity index (χ2n) is 5.30. The number of anilines is 1. The highest BCUT2D eigenvalue weighted by molar-refractivity contribution is 5.99. The number of nitro benzene ring substituents is 1. The van der Waals surface area contributed by atoms with E-state index in [-0.39, 0.29) is 10.6 Å². The Balaban J connectivity index is 2.50. The summed E-state index contributed by atoms with van der Waals surface area (Å²) in [6, 6.07) is 11.0. The minimum Gasteiger partial charge on any atom is -0.374 e. The summed E-state index contributed by atoms with van der Waals surface area (Å²) in [5.74, 6) is 0.592. The molecule has 0 N–H and O–H groups in total. The summed E-state index contributed by atoms with van der Waals surface area (Å²) in [6.45, 7) is 5.33. The number of nitro groups is 1. The number of hydrogen-bond donors (Lipinski definition) is 0. The minimum atomic E-state index is -0.319. The number of nitrogens with zero attached hydrogens (tertiary/aromatic N) is 2. The van der Waals surface area contributed by atoms with Crippen LogP contribution in [0, 0.1) is 16.0 Å². The van der Waals surface area contributed by atoms with Crippen LogP contribution in [-0.4, -0.2) is 18.5 Å². The van der Waals surface area contributed by atoms with E-state index in [9.17, 15) is 10.1 Å². The summed E-state index contributed by atoms with van der Waals surface area (Å²) >= 11 is 0. The summed E-state index contributed by atoms with van der Waals surface area (Å²) in [5.41, 5.74) is 1.22. The van der Waals surface area contributed by atoms with Crippen LogP contribution in [0.1, 0.15) is 20.3 Å². The van der Waals surface area contributed by atoms with Gasteiger partial charge in [-0.25, -0.2) is 0 Å². The number of non-ortho nitro benzene ring substituents is 1. The van der Waals surface area contributed by atoms with E-state index in [0.717, 1.165) is 24.0 Å². The second kappa shape index (κ2) is 5.90. The Kier molecular flexibility index (Phi) is 4.23. The number of benzene rings is 2. The van der Waals surface area contributed by atoms with Crippen molar-refractivity contribution < 1.29 is 4.92 Å². The van der Waals surface area contributed by atoms with Crippen molar-refractivity contribution in [3.63, 3.8) is 0 Å². The highest BCUT2D eigenvalue weighted by Crippen LogP contribution is 2.33. The topological polar surface area (TPSA) is 46.4 Å². The molecule has 4 heteroatoms. The number of rotatable bonds is 5. The zero-order valence-electron chi connectivity index (χ0n) is 12.2. The first kappa shape index (κ1) is 14.3. The standard InChI is InChI=1S/C16H20N2O2/c1-4-12(2)11-17(3)15-9-10-16(18(19)20)14-8-6-5-7-13(14)15/h5-10,12H,4,11H2,1-3H3. The van der Waals surface area contributed by atoms with E-state index in [4.69, 9.17) is 0 Å². The first-order valence-electron chi connectivity index (χ1n) is 6.91. The van der Waals surface area contributed by atoms with Gasteiger partial charge < -0.3 is 4.90 Å². The lowest BCUT2D eigenvalue weighted by molar-refractivity contribution is -0.383. The minimum absolute atomic E-state index is 0.168. The number of fused-ring (bicyclic) bond motifs is 1. The Bertz CT molecular complexity index is 625. The van der Waals surface area contributed by atoms with Gasteiger partial charge in [-0.3, -0.25) is 10.1 Å². The van der Waals surface area contributed by atoms with E-state index < -0.39 is 0 Å². The van der Waals surface area contributed by atoms with Gasteiger partial charge in [-0.1, -0.05) is 38.5 Å². The molecule has 2 aromatic rings. The molecular formula is C16H20N2O2. The van der Waals surface area contributed by atoms with Crippen LogP contribution in [0.25, 0.3) is 10.8 Å². The first-order chi connectivity index (χ1) is 9.54. The van der Waals surface area contributed by atoms with Crippen molar-refractivity contribution in [1.29, 1.82) is 0 Å². The van der Waals surface area contributed by atoms with Gasteiger partial charge in [-0.15, -0.1) is 0 Å². The molecule has 0 radical (unpaired) electrons. The third kappa shape index (κ3) is 2.74. The summed E-state index contributed by atoms with van der Waals surface area (Å²) in [5, 5.41) is 12.7. The fourth-order valence-corrected chi connectivity index (χ4v) is 2.45. The molecule has 0 saturated heterocycles. The highest BCUT2D eigenvalue weighted by Gasteiger charge is 2.16. The van der Waals surface area contributed by atoms with E-state index in [1.54, 1.807) is 6.07 Å². The quantitative estimate of drug-likeness (QED) is 0.604. The van der Waals surface area contributed by atoms with Crippen molar-refractivity contribution >= 4 is 22.1 Å². The van der Waals surface area contributed by atoms with Crippen LogP contribution in [0.4, 0.5) is 11.4 Å². The molecule has 0 heterocycles. The van der Waals surface area contributed by atoms with E-state index in [0.29, 0.717) is 11.3 Å². The summed E-state index contributed by atoms with van der Waals surface area (Å²) in [6.07, 6.45) is 1.12. The maximum absolute atomic E-state index is 11.1. The van der Waals surface area contributed by atoms with Crippen molar-refractivity contribution in [1.82, 2.24) is 0 Å². The Hall–Kier alpha value is -2.10. The molecule has 0 aliphatic carbocycles. The highest BCUT2D eigenvalue weighted by atomic mass is 16.6. The molecule has 2 rings (SSSR count). The molecule has 1 unspecified atom stereocenters. The molecule has 0 amide bonds. The molecule has 0 spiro atoms. The van der Waals surface area contributed by atoms with Crippen LogP contribution in [0.5, 0.6) is 0 Å². The van der Waals surface area contributed by atoms with Gasteiger partial charge in [-0.2, -0.15) is 0 Å². The van der Waals surface area contributed by atoms with Gasteiger partial charge in [0.2, 0.25) is 0 Å². The number of hydrogen-bond acceptors (Lipinski definition) is 3. The Labute approximate surface area is 119 Å². The smallest absolute Gasteiger partial charge is 0.277 e. The van der Waals surface area contributed by atoms with Gasteiger partial charge >= 0.3 is 0 Å². The van der Waals surface area contributed by atoms with E-state index >= 15 is 0 Å². The Morgan fingerprint density at radius 2 is 1.85 bits per heavy atom. The van der Waals surface area contributed by atoms with Crippen molar-refractivity contribution in [2.45, 2.75) is 20.3 Å². The maximum Gasteiger partial charge on any atom is 0.277 e. The molecule has 0 fully saturated rings. The Morgan fingerprint density at radius 3 is 2.45 bits per heavy atom. The largest absolute Gasteiger partial charge is 0.374 e. The van der Waals surface area contributed by atoms with Crippen LogP contribution in [0.3, 0.4) is 0 Å². The lowest BCUT2D eigenvalue weighted by Gasteiger charge is -2.24. The van der Waals surface area contributed by atoms with Crippen molar-refractivity contribution in [2.24, 2.45) is 5.92 Å². The van der Waals surface area contributed by atoms with Gasteiger partial charge in [0.1, 0.15) is 0 Å². The fraction of sp³-hybridized carbons (Fsp3) is 0.375. The summed E-state index contributed by atoms with van der Waals surface area (Å²) in [7, 11) is 2.04. The molecule has 0 aliphatic heterocycles. The second-order valence-corrected chi connectivity index (χ2v) is 5.30. The SMILES string of the molecule is CCC(C)CN(C)c1ccc([N+](=O)[O-])c2ccccc12. The van der Waals surface area contributed by atoms with E-state index in [1.807, 2.05) is 37.4 Å². The average molecular weight is 272 g/mol. The van der Waals surface area contributed by atoms with Crippen LogP contribution < -0.4 is 4.90 Å².